The van der Waals surface area contributed by atoms with Crippen LogP contribution in [0.3, 0.4) is 0 Å². The van der Waals surface area contributed by atoms with Crippen LogP contribution in [0.25, 0.3) is 32.7 Å². The van der Waals surface area contributed by atoms with E-state index in [0.29, 0.717) is 5.75 Å². The number of rotatable bonds is 4. The van der Waals surface area contributed by atoms with Gasteiger partial charge in [-0.25, -0.2) is 0 Å². The minimum atomic E-state index is -1.84. The second-order valence-electron chi connectivity index (χ2n) is 11.6. The van der Waals surface area contributed by atoms with Gasteiger partial charge in [0, 0.05) is 21.9 Å². The van der Waals surface area contributed by atoms with Crippen molar-refractivity contribution in [3.8, 4) is 17.2 Å². The van der Waals surface area contributed by atoms with E-state index >= 15 is 0 Å². The molecule has 5 aromatic rings. The summed E-state index contributed by atoms with van der Waals surface area (Å²) in [5, 5.41) is 4.02. The van der Waals surface area contributed by atoms with Crippen molar-refractivity contribution in [2.45, 2.75) is 52.4 Å². The zero-order valence-electron chi connectivity index (χ0n) is 23.3. The molecule has 1 heterocycles. The summed E-state index contributed by atoms with van der Waals surface area (Å²) in [4.78, 5) is 0. The molecule has 5 rings (SSSR count). The van der Waals surface area contributed by atoms with Crippen molar-refractivity contribution in [2.24, 2.45) is 0 Å². The first-order valence-corrected chi connectivity index (χ1v) is 13.9. The Balaban J connectivity index is 1.91. The smallest absolute Gasteiger partial charge is 0.453 e. The van der Waals surface area contributed by atoms with Gasteiger partial charge >= 0.3 is 8.24 Å². The van der Waals surface area contributed by atoms with Crippen LogP contribution in [0.2, 0.25) is 0 Å². The van der Waals surface area contributed by atoms with Crippen LogP contribution in [0.4, 0.5) is 0 Å². The monoisotopic (exact) mass is 530 g/mol. The van der Waals surface area contributed by atoms with Crippen molar-refractivity contribution in [1.29, 1.82) is 0 Å². The molecule has 0 bridgehead atoms. The molecule has 0 radical (unpaired) electrons. The molecule has 0 aliphatic carbocycles. The molecule has 0 aliphatic heterocycles. The summed E-state index contributed by atoms with van der Waals surface area (Å²) < 4.78 is 31.3. The van der Waals surface area contributed by atoms with E-state index in [9.17, 15) is 0 Å². The second kappa shape index (κ2) is 9.63. The molecule has 0 saturated heterocycles. The van der Waals surface area contributed by atoms with Gasteiger partial charge in [-0.2, -0.15) is 0 Å². The fourth-order valence-corrected chi connectivity index (χ4v) is 5.76. The standard InChI is InChI=1S/C32H35O5P/c1-31(2,3)27-18-23(33-7)16-25-26-17-24(34-8)19-28(32(4,5)6)30(26)37-38(36-29(25)27)35-22-14-13-20-11-9-10-12-21(20)15-22/h9-19H,1-8H3. The van der Waals surface area contributed by atoms with E-state index in [1.54, 1.807) is 14.2 Å². The lowest BCUT2D eigenvalue weighted by Gasteiger charge is -2.21. The Bertz CT molecular complexity index is 1600. The molecular formula is C32H35O5P. The lowest BCUT2D eigenvalue weighted by Crippen LogP contribution is -2.12. The molecule has 0 aliphatic rings. The third-order valence-electron chi connectivity index (χ3n) is 6.74. The van der Waals surface area contributed by atoms with E-state index in [-0.39, 0.29) is 10.8 Å². The third-order valence-corrected chi connectivity index (χ3v) is 7.76. The van der Waals surface area contributed by atoms with E-state index in [1.165, 1.54) is 0 Å². The predicted molar refractivity (Wildman–Crippen MR) is 157 cm³/mol. The van der Waals surface area contributed by atoms with Gasteiger partial charge in [0.25, 0.3) is 0 Å². The average molecular weight is 531 g/mol. The van der Waals surface area contributed by atoms with Crippen LogP contribution in [0.5, 0.6) is 17.2 Å². The molecule has 198 valence electrons. The Morgan fingerprint density at radius 1 is 0.579 bits per heavy atom. The predicted octanol–water partition coefficient (Wildman–Crippen LogP) is 9.90. The Morgan fingerprint density at radius 3 is 1.55 bits per heavy atom. The Morgan fingerprint density at radius 2 is 1.08 bits per heavy atom. The van der Waals surface area contributed by atoms with Crippen molar-refractivity contribution in [3.05, 3.63) is 77.9 Å². The highest BCUT2D eigenvalue weighted by Crippen LogP contribution is 2.45. The van der Waals surface area contributed by atoms with Gasteiger partial charge < -0.3 is 22.4 Å². The minimum Gasteiger partial charge on any atom is -0.497 e. The number of benzene rings is 4. The van der Waals surface area contributed by atoms with Gasteiger partial charge in [-0.15, -0.1) is 0 Å². The van der Waals surface area contributed by atoms with Crippen LogP contribution < -0.4 is 14.0 Å². The molecule has 0 N–H and O–H groups in total. The lowest BCUT2D eigenvalue weighted by atomic mass is 9.84. The number of ether oxygens (including phenoxy) is 2. The number of hydrogen-bond acceptors (Lipinski definition) is 5. The Kier molecular flexibility index (Phi) is 6.61. The third kappa shape index (κ3) is 4.96. The molecule has 0 atom stereocenters. The van der Waals surface area contributed by atoms with Gasteiger partial charge in [0.15, 0.2) is 0 Å². The molecule has 0 amide bonds. The normalized spacial score (nSPS) is 12.2. The lowest BCUT2D eigenvalue weighted by molar-refractivity contribution is 0.413. The molecule has 5 nitrogen and oxygen atoms in total. The van der Waals surface area contributed by atoms with Gasteiger partial charge in [-0.3, -0.25) is 0 Å². The van der Waals surface area contributed by atoms with Crippen molar-refractivity contribution in [1.82, 2.24) is 0 Å². The highest BCUT2D eigenvalue weighted by atomic mass is 31.1. The first-order valence-electron chi connectivity index (χ1n) is 12.8. The molecule has 0 unspecified atom stereocenters. The highest BCUT2D eigenvalue weighted by molar-refractivity contribution is 7.32. The Labute approximate surface area is 224 Å². The maximum Gasteiger partial charge on any atom is 0.453 e. The fourth-order valence-electron chi connectivity index (χ4n) is 4.67. The van der Waals surface area contributed by atoms with Crippen molar-refractivity contribution in [2.75, 3.05) is 14.2 Å². The van der Waals surface area contributed by atoms with Crippen molar-refractivity contribution < 1.29 is 22.4 Å². The first-order chi connectivity index (χ1) is 18.0. The molecular weight excluding hydrogens is 495 g/mol. The second-order valence-corrected chi connectivity index (χ2v) is 12.6. The largest absolute Gasteiger partial charge is 0.497 e. The van der Waals surface area contributed by atoms with Crippen LogP contribution in [-0.4, -0.2) is 14.2 Å². The summed E-state index contributed by atoms with van der Waals surface area (Å²) in [7, 11) is 1.53. The van der Waals surface area contributed by atoms with E-state index in [0.717, 1.165) is 55.3 Å². The van der Waals surface area contributed by atoms with Gasteiger partial charge in [-0.1, -0.05) is 71.9 Å². The van der Waals surface area contributed by atoms with Gasteiger partial charge in [-0.05, 0) is 58.0 Å². The molecule has 4 aromatic carbocycles. The summed E-state index contributed by atoms with van der Waals surface area (Å²) in [5.74, 6) is 2.20. The van der Waals surface area contributed by atoms with Crippen LogP contribution in [0.1, 0.15) is 52.7 Å². The highest BCUT2D eigenvalue weighted by Gasteiger charge is 2.26. The SMILES string of the molecule is COc1cc(C(C)(C)C)c2op(Oc3ccc4ccccc4c3)oc3c(C(C)(C)C)cc(OC)cc3c2c1. The average Bonchev–Trinajstić information content (AvgIpc) is 3.02. The zero-order chi connectivity index (χ0) is 27.2. The van der Waals surface area contributed by atoms with Crippen LogP contribution in [-0.2, 0) is 10.8 Å². The maximum atomic E-state index is 6.68. The van der Waals surface area contributed by atoms with Crippen LogP contribution >= 0.6 is 8.24 Å². The summed E-state index contributed by atoms with van der Waals surface area (Å²) in [6, 6.07) is 22.3. The number of hydrogen-bond donors (Lipinski definition) is 0. The molecule has 38 heavy (non-hydrogen) atoms. The van der Waals surface area contributed by atoms with E-state index in [1.807, 2.05) is 48.5 Å². The summed E-state index contributed by atoms with van der Waals surface area (Å²) >= 11 is 0. The Hall–Kier alpha value is -3.56. The zero-order valence-corrected chi connectivity index (χ0v) is 24.2. The molecule has 0 fully saturated rings. The summed E-state index contributed by atoms with van der Waals surface area (Å²) in [6.07, 6.45) is 0. The van der Waals surface area contributed by atoms with Crippen molar-refractivity contribution in [3.63, 3.8) is 0 Å². The number of fused-ring (bicyclic) bond motifs is 4. The maximum absolute atomic E-state index is 6.68. The fraction of sp³-hybridized carbons (Fsp3) is 0.312. The van der Waals surface area contributed by atoms with E-state index < -0.39 is 8.24 Å². The van der Waals surface area contributed by atoms with Crippen LogP contribution in [0, 0.1) is 0 Å². The quantitative estimate of drug-likeness (QED) is 0.231. The minimum absolute atomic E-state index is 0.223. The van der Waals surface area contributed by atoms with Gasteiger partial charge in [0.05, 0.1) is 14.2 Å². The first kappa shape index (κ1) is 26.1. The van der Waals surface area contributed by atoms with Gasteiger partial charge in [0.2, 0.25) is 0 Å². The number of methoxy groups -OCH3 is 2. The molecule has 1 aromatic heterocycles. The molecule has 0 saturated carbocycles. The van der Waals surface area contributed by atoms with Crippen LogP contribution in [0.15, 0.2) is 75.1 Å². The van der Waals surface area contributed by atoms with Crippen molar-refractivity contribution >= 4 is 41.0 Å². The van der Waals surface area contributed by atoms with Gasteiger partial charge in [0.1, 0.15) is 28.4 Å². The molecule has 0 spiro atoms. The summed E-state index contributed by atoms with van der Waals surface area (Å²) in [5.41, 5.74) is 3.04. The van der Waals surface area contributed by atoms with E-state index in [4.69, 9.17) is 22.4 Å². The van der Waals surface area contributed by atoms with E-state index in [2.05, 4.69) is 59.7 Å². The molecule has 6 heteroatoms. The topological polar surface area (TPSA) is 54.0 Å². The summed E-state index contributed by atoms with van der Waals surface area (Å²) in [6.45, 7) is 13.0.